The number of nitrogens with one attached hydrogen (secondary N) is 3. The number of nitrogens with zero attached hydrogens (tertiary/aromatic N) is 1. The number of anilines is 3. The van der Waals surface area contributed by atoms with Gasteiger partial charge in [-0.1, -0.05) is 42.0 Å². The van der Waals surface area contributed by atoms with Gasteiger partial charge >= 0.3 is 6.03 Å². The third-order valence-corrected chi connectivity index (χ3v) is 5.94. The Kier molecular flexibility index (Phi) is 7.00. The molecule has 0 aliphatic carbocycles. The van der Waals surface area contributed by atoms with Crippen LogP contribution >= 0.6 is 0 Å². The average Bonchev–Trinajstić information content (AvgIpc) is 3.08. The summed E-state index contributed by atoms with van der Waals surface area (Å²) in [5, 5.41) is 8.22. The monoisotopic (exact) mass is 486 g/mol. The third kappa shape index (κ3) is 4.90. The molecule has 3 N–H and O–H groups in total. The first kappa shape index (κ1) is 24.5. The number of hydrogen-bond acceptors (Lipinski definition) is 5. The molecule has 0 saturated carbocycles. The lowest BCUT2D eigenvalue weighted by molar-refractivity contribution is -0.128. The molecule has 9 heteroatoms. The highest BCUT2D eigenvalue weighted by atomic mass is 16.5. The van der Waals surface area contributed by atoms with Crippen molar-refractivity contribution < 1.29 is 23.9 Å². The Hall–Kier alpha value is -4.66. The average molecular weight is 487 g/mol. The van der Waals surface area contributed by atoms with Crippen molar-refractivity contribution in [1.82, 2.24) is 5.32 Å². The van der Waals surface area contributed by atoms with Gasteiger partial charge in [0, 0.05) is 23.0 Å². The van der Waals surface area contributed by atoms with Crippen molar-refractivity contribution in [2.24, 2.45) is 0 Å². The van der Waals surface area contributed by atoms with Crippen molar-refractivity contribution >= 4 is 41.2 Å². The Morgan fingerprint density at radius 1 is 0.972 bits per heavy atom. The van der Waals surface area contributed by atoms with Crippen LogP contribution in [0.3, 0.4) is 0 Å². The molecular weight excluding hydrogens is 460 g/mol. The largest absolute Gasteiger partial charge is 0.497 e. The quantitative estimate of drug-likeness (QED) is 0.421. The smallest absolute Gasteiger partial charge is 0.320 e. The van der Waals surface area contributed by atoms with E-state index >= 15 is 0 Å². The second kappa shape index (κ2) is 10.3. The number of ether oxygens (including phenoxy) is 1. The number of benzene rings is 3. The molecule has 4 amide bonds. The molecule has 1 heterocycles. The van der Waals surface area contributed by atoms with E-state index in [-0.39, 0.29) is 13.0 Å². The van der Waals surface area contributed by atoms with E-state index in [2.05, 4.69) is 16.0 Å². The van der Waals surface area contributed by atoms with E-state index in [4.69, 9.17) is 4.74 Å². The zero-order chi connectivity index (χ0) is 25.7. The summed E-state index contributed by atoms with van der Waals surface area (Å²) in [5.74, 6) is -0.508. The summed E-state index contributed by atoms with van der Waals surface area (Å²) in [7, 11) is 1.51. The number of para-hydroxylation sites is 1. The number of carbonyl (C=O) groups is 4. The van der Waals surface area contributed by atoms with Gasteiger partial charge in [0.05, 0.1) is 25.8 Å². The van der Waals surface area contributed by atoms with E-state index in [1.807, 2.05) is 19.1 Å². The fraction of sp³-hybridized carbons (Fsp3) is 0.185. The van der Waals surface area contributed by atoms with Crippen LogP contribution in [0.1, 0.15) is 17.5 Å². The number of amides is 4. The maximum absolute atomic E-state index is 13.7. The Morgan fingerprint density at radius 2 is 1.72 bits per heavy atom. The third-order valence-electron chi connectivity index (χ3n) is 5.94. The molecule has 0 saturated heterocycles. The van der Waals surface area contributed by atoms with Crippen LogP contribution in [0.15, 0.2) is 72.8 Å². The summed E-state index contributed by atoms with van der Waals surface area (Å²) in [6.45, 7) is 1.72. The van der Waals surface area contributed by atoms with Crippen LogP contribution in [-0.2, 0) is 19.9 Å². The summed E-state index contributed by atoms with van der Waals surface area (Å²) in [6, 6.07) is 20.0. The molecule has 1 aliphatic heterocycles. The highest BCUT2D eigenvalue weighted by molar-refractivity contribution is 6.13. The van der Waals surface area contributed by atoms with Crippen molar-refractivity contribution in [1.29, 1.82) is 0 Å². The summed E-state index contributed by atoms with van der Waals surface area (Å²) >= 11 is 0. The number of methoxy groups -OCH3 is 1. The lowest BCUT2D eigenvalue weighted by atomic mass is 9.87. The van der Waals surface area contributed by atoms with Crippen LogP contribution in [0.5, 0.6) is 5.75 Å². The summed E-state index contributed by atoms with van der Waals surface area (Å²) < 4.78 is 5.19. The zero-order valence-corrected chi connectivity index (χ0v) is 19.9. The van der Waals surface area contributed by atoms with Gasteiger partial charge in [-0.3, -0.25) is 9.59 Å². The topological polar surface area (TPSA) is 117 Å². The molecule has 4 rings (SSSR count). The standard InChI is InChI=1S/C27H26N4O5/c1-18-10-12-19(13-11-18)28-24(33)17-27(30-26(35)29-20-6-5-7-21(16-20)36-2)22-8-3-4-9-23(22)31(14-15-32)25(27)34/h3-13,15-16H,14,17H2,1-2H3,(H,28,33)(H2,29,30,35). The van der Waals surface area contributed by atoms with E-state index in [1.54, 1.807) is 60.7 Å². The van der Waals surface area contributed by atoms with Crippen molar-refractivity contribution in [2.75, 3.05) is 29.2 Å². The Labute approximate surface area is 208 Å². The fourth-order valence-corrected chi connectivity index (χ4v) is 4.26. The van der Waals surface area contributed by atoms with Gasteiger partial charge in [0.2, 0.25) is 5.91 Å². The molecule has 184 valence electrons. The molecule has 3 aromatic rings. The molecule has 1 atom stereocenters. The fourth-order valence-electron chi connectivity index (χ4n) is 4.26. The minimum atomic E-state index is -1.72. The minimum Gasteiger partial charge on any atom is -0.497 e. The van der Waals surface area contributed by atoms with Crippen molar-refractivity contribution in [3.8, 4) is 5.75 Å². The van der Waals surface area contributed by atoms with E-state index in [0.29, 0.717) is 34.7 Å². The first-order valence-electron chi connectivity index (χ1n) is 11.3. The number of fused-ring (bicyclic) bond motifs is 1. The van der Waals surface area contributed by atoms with Crippen molar-refractivity contribution in [3.63, 3.8) is 0 Å². The molecule has 36 heavy (non-hydrogen) atoms. The number of carbonyl (C=O) groups excluding carboxylic acids is 4. The Balaban J connectivity index is 1.67. The van der Waals surface area contributed by atoms with E-state index in [9.17, 15) is 19.2 Å². The van der Waals surface area contributed by atoms with Gasteiger partial charge in [-0.05, 0) is 37.3 Å². The Bertz CT molecular complexity index is 1310. The molecular formula is C27H26N4O5. The molecule has 3 aromatic carbocycles. The molecule has 0 fully saturated rings. The van der Waals surface area contributed by atoms with Crippen molar-refractivity contribution in [2.45, 2.75) is 18.9 Å². The number of urea groups is 1. The van der Waals surface area contributed by atoms with Crippen LogP contribution in [0.2, 0.25) is 0 Å². The summed E-state index contributed by atoms with van der Waals surface area (Å²) in [6.07, 6.45) is 0.227. The second-order valence-corrected chi connectivity index (χ2v) is 8.41. The van der Waals surface area contributed by atoms with Crippen LogP contribution in [0.4, 0.5) is 21.9 Å². The molecule has 0 radical (unpaired) electrons. The van der Waals surface area contributed by atoms with Crippen LogP contribution in [0, 0.1) is 6.92 Å². The van der Waals surface area contributed by atoms with Gasteiger partial charge in [0.15, 0.2) is 5.54 Å². The molecule has 1 aliphatic rings. The van der Waals surface area contributed by atoms with Crippen LogP contribution in [-0.4, -0.2) is 37.8 Å². The first-order valence-corrected chi connectivity index (χ1v) is 11.3. The zero-order valence-electron chi connectivity index (χ0n) is 19.9. The van der Waals surface area contributed by atoms with Crippen LogP contribution < -0.4 is 25.6 Å². The highest BCUT2D eigenvalue weighted by Gasteiger charge is 2.53. The van der Waals surface area contributed by atoms with Crippen molar-refractivity contribution in [3.05, 3.63) is 83.9 Å². The van der Waals surface area contributed by atoms with E-state index < -0.39 is 23.4 Å². The van der Waals surface area contributed by atoms with Gasteiger partial charge in [0.1, 0.15) is 12.0 Å². The number of hydrogen-bond donors (Lipinski definition) is 3. The number of aryl methyl sites for hydroxylation is 1. The molecule has 9 nitrogen and oxygen atoms in total. The van der Waals surface area contributed by atoms with Gasteiger partial charge in [-0.25, -0.2) is 4.79 Å². The lowest BCUT2D eigenvalue weighted by Crippen LogP contribution is -2.56. The molecule has 0 aromatic heterocycles. The number of rotatable bonds is 8. The van der Waals surface area contributed by atoms with Gasteiger partial charge in [0.25, 0.3) is 5.91 Å². The normalized spacial score (nSPS) is 16.2. The predicted molar refractivity (Wildman–Crippen MR) is 136 cm³/mol. The van der Waals surface area contributed by atoms with Gasteiger partial charge in [-0.2, -0.15) is 0 Å². The summed E-state index contributed by atoms with van der Waals surface area (Å²) in [4.78, 5) is 52.6. The maximum Gasteiger partial charge on any atom is 0.320 e. The first-order chi connectivity index (χ1) is 17.4. The predicted octanol–water partition coefficient (Wildman–Crippen LogP) is 3.59. The van der Waals surface area contributed by atoms with E-state index in [0.717, 1.165) is 5.56 Å². The molecule has 0 bridgehead atoms. The van der Waals surface area contributed by atoms with Crippen LogP contribution in [0.25, 0.3) is 0 Å². The summed E-state index contributed by atoms with van der Waals surface area (Å²) in [5.41, 5.74) is 1.19. The minimum absolute atomic E-state index is 0.212. The van der Waals surface area contributed by atoms with E-state index in [1.165, 1.54) is 12.0 Å². The molecule has 1 unspecified atom stereocenters. The Morgan fingerprint density at radius 3 is 2.44 bits per heavy atom. The second-order valence-electron chi connectivity index (χ2n) is 8.41. The SMILES string of the molecule is COc1cccc(NC(=O)NC2(CC(=O)Nc3ccc(C)cc3)C(=O)N(CC=O)c3ccccc32)c1. The highest BCUT2D eigenvalue weighted by Crippen LogP contribution is 2.42. The maximum atomic E-state index is 13.7. The van der Waals surface area contributed by atoms with Gasteiger partial charge in [-0.15, -0.1) is 0 Å². The molecule has 0 spiro atoms. The van der Waals surface area contributed by atoms with Gasteiger partial charge < -0.3 is 30.4 Å². The lowest BCUT2D eigenvalue weighted by Gasteiger charge is -2.29. The number of aldehydes is 1.